The fourth-order valence-electron chi connectivity index (χ4n) is 2.90. The molecule has 0 spiro atoms. The van der Waals surface area contributed by atoms with Crippen LogP contribution in [-0.2, 0) is 47.5 Å². The van der Waals surface area contributed by atoms with Crippen LogP contribution in [0.3, 0.4) is 0 Å². The average Bonchev–Trinajstić information content (AvgIpc) is 2.90. The topological polar surface area (TPSA) is 148 Å². The van der Waals surface area contributed by atoms with Crippen molar-refractivity contribution < 1.29 is 52.6 Å². The number of unbranched alkanes of at least 4 members (excludes halogenated alkanes) is 3. The Bertz CT molecular complexity index is 563. The van der Waals surface area contributed by atoms with Gasteiger partial charge in [0.05, 0.1) is 79.1 Å². The maximum absolute atomic E-state index is 11.5. The van der Waals surface area contributed by atoms with Crippen molar-refractivity contribution in [2.75, 3.05) is 92.4 Å². The molecule has 0 aliphatic rings. The number of ether oxygens (including phenoxy) is 7. The molecule has 0 rings (SSSR count). The standard InChI is InChI=1S/C26H49NO11/c1-2-3-4-5-7-26(31)38-23-22-37-21-20-36-19-18-35-17-16-34-15-14-33-13-12-32-11-6-10-27-24(28)8-9-25(29)30/h2-23H2,1H3,(H,27,28)(H,29,30). The van der Waals surface area contributed by atoms with Crippen molar-refractivity contribution in [1.29, 1.82) is 0 Å². The van der Waals surface area contributed by atoms with Crippen LogP contribution < -0.4 is 5.32 Å². The number of carboxylic acid groups (broad SMARTS) is 1. The van der Waals surface area contributed by atoms with Gasteiger partial charge in [0.2, 0.25) is 5.91 Å². The third-order valence-electron chi connectivity index (χ3n) is 4.94. The molecule has 0 heterocycles. The number of amides is 1. The first-order valence-electron chi connectivity index (χ1n) is 13.7. The highest BCUT2D eigenvalue weighted by molar-refractivity contribution is 5.80. The van der Waals surface area contributed by atoms with Gasteiger partial charge < -0.3 is 43.6 Å². The summed E-state index contributed by atoms with van der Waals surface area (Å²) in [6.07, 6.45) is 5.21. The highest BCUT2D eigenvalue weighted by Crippen LogP contribution is 2.03. The summed E-state index contributed by atoms with van der Waals surface area (Å²) in [6.45, 7) is 8.34. The van der Waals surface area contributed by atoms with E-state index >= 15 is 0 Å². The van der Waals surface area contributed by atoms with E-state index in [2.05, 4.69) is 12.2 Å². The molecule has 0 aromatic rings. The molecule has 38 heavy (non-hydrogen) atoms. The largest absolute Gasteiger partial charge is 0.481 e. The molecular formula is C26H49NO11. The summed E-state index contributed by atoms with van der Waals surface area (Å²) >= 11 is 0. The number of hydrogen-bond donors (Lipinski definition) is 2. The molecule has 0 aromatic heterocycles. The SMILES string of the molecule is CCCCCCC(=O)OCCOCCOCCOCCOCCOCCOCCCNC(=O)CCC(=O)O. The third-order valence-corrected chi connectivity index (χ3v) is 4.94. The smallest absolute Gasteiger partial charge is 0.305 e. The zero-order chi connectivity index (χ0) is 27.9. The summed E-state index contributed by atoms with van der Waals surface area (Å²) in [6, 6.07) is 0. The summed E-state index contributed by atoms with van der Waals surface area (Å²) in [5.74, 6) is -1.41. The van der Waals surface area contributed by atoms with Crippen molar-refractivity contribution in [2.45, 2.75) is 58.3 Å². The number of carboxylic acids is 1. The van der Waals surface area contributed by atoms with Crippen LogP contribution in [0.4, 0.5) is 0 Å². The van der Waals surface area contributed by atoms with E-state index in [0.717, 1.165) is 25.7 Å². The first-order valence-corrected chi connectivity index (χ1v) is 13.7. The Hall–Kier alpha value is -1.83. The van der Waals surface area contributed by atoms with E-state index in [1.807, 2.05) is 0 Å². The summed E-state index contributed by atoms with van der Waals surface area (Å²) in [5.41, 5.74) is 0. The molecule has 0 aliphatic heterocycles. The number of nitrogens with one attached hydrogen (secondary N) is 1. The Kier molecular flexibility index (Phi) is 28.3. The lowest BCUT2D eigenvalue weighted by Gasteiger charge is -2.09. The molecule has 0 aliphatic carbocycles. The molecule has 0 radical (unpaired) electrons. The molecule has 1 amide bonds. The van der Waals surface area contributed by atoms with E-state index in [-0.39, 0.29) is 31.3 Å². The lowest BCUT2D eigenvalue weighted by atomic mass is 10.2. The molecule has 12 nitrogen and oxygen atoms in total. The van der Waals surface area contributed by atoms with E-state index in [0.29, 0.717) is 98.7 Å². The number of carbonyl (C=O) groups excluding carboxylic acids is 2. The number of hydrogen-bond acceptors (Lipinski definition) is 10. The molecule has 12 heteroatoms. The average molecular weight is 552 g/mol. The minimum absolute atomic E-state index is 0.00902. The summed E-state index contributed by atoms with van der Waals surface area (Å²) in [7, 11) is 0. The Morgan fingerprint density at radius 1 is 0.553 bits per heavy atom. The maximum atomic E-state index is 11.5. The molecular weight excluding hydrogens is 502 g/mol. The predicted octanol–water partition coefficient (Wildman–Crippen LogP) is 1.97. The van der Waals surface area contributed by atoms with Crippen molar-refractivity contribution in [3.63, 3.8) is 0 Å². The minimum atomic E-state index is -0.982. The van der Waals surface area contributed by atoms with Crippen LogP contribution in [0.15, 0.2) is 0 Å². The van der Waals surface area contributed by atoms with Crippen LogP contribution in [-0.4, -0.2) is 115 Å². The maximum Gasteiger partial charge on any atom is 0.305 e. The first-order chi connectivity index (χ1) is 18.6. The van der Waals surface area contributed by atoms with E-state index in [1.165, 1.54) is 0 Å². The van der Waals surface area contributed by atoms with E-state index in [9.17, 15) is 14.4 Å². The minimum Gasteiger partial charge on any atom is -0.481 e. The van der Waals surface area contributed by atoms with Crippen LogP contribution in [0, 0.1) is 0 Å². The van der Waals surface area contributed by atoms with Gasteiger partial charge in [-0.15, -0.1) is 0 Å². The Labute approximate surface area is 226 Å². The van der Waals surface area contributed by atoms with Gasteiger partial charge >= 0.3 is 11.9 Å². The molecule has 0 aromatic carbocycles. The zero-order valence-electron chi connectivity index (χ0n) is 23.1. The van der Waals surface area contributed by atoms with Gasteiger partial charge in [0.15, 0.2) is 0 Å². The molecule has 0 atom stereocenters. The van der Waals surface area contributed by atoms with Gasteiger partial charge in [-0.25, -0.2) is 0 Å². The van der Waals surface area contributed by atoms with Gasteiger partial charge in [-0.1, -0.05) is 26.2 Å². The lowest BCUT2D eigenvalue weighted by Crippen LogP contribution is -2.25. The monoisotopic (exact) mass is 551 g/mol. The second kappa shape index (κ2) is 29.7. The van der Waals surface area contributed by atoms with Crippen molar-refractivity contribution >= 4 is 17.8 Å². The Morgan fingerprint density at radius 3 is 1.50 bits per heavy atom. The van der Waals surface area contributed by atoms with Crippen LogP contribution in [0.25, 0.3) is 0 Å². The van der Waals surface area contributed by atoms with Crippen LogP contribution in [0.2, 0.25) is 0 Å². The summed E-state index contributed by atoms with van der Waals surface area (Å²) < 4.78 is 37.5. The van der Waals surface area contributed by atoms with Gasteiger partial charge in [0.25, 0.3) is 0 Å². The van der Waals surface area contributed by atoms with Gasteiger partial charge in [0, 0.05) is 26.0 Å². The summed E-state index contributed by atoms with van der Waals surface area (Å²) in [5, 5.41) is 11.1. The Balaban J connectivity index is 3.14. The number of carbonyl (C=O) groups is 3. The molecule has 224 valence electrons. The van der Waals surface area contributed by atoms with Crippen molar-refractivity contribution in [2.24, 2.45) is 0 Å². The predicted molar refractivity (Wildman–Crippen MR) is 139 cm³/mol. The van der Waals surface area contributed by atoms with E-state index in [1.54, 1.807) is 0 Å². The third kappa shape index (κ3) is 30.4. The van der Waals surface area contributed by atoms with Gasteiger partial charge in [0.1, 0.15) is 6.61 Å². The Morgan fingerprint density at radius 2 is 1.03 bits per heavy atom. The van der Waals surface area contributed by atoms with Crippen LogP contribution in [0.1, 0.15) is 58.3 Å². The van der Waals surface area contributed by atoms with Crippen molar-refractivity contribution in [3.8, 4) is 0 Å². The lowest BCUT2D eigenvalue weighted by molar-refractivity contribution is -0.145. The molecule has 0 saturated carbocycles. The molecule has 0 saturated heterocycles. The second-order valence-electron chi connectivity index (χ2n) is 8.30. The first kappa shape index (κ1) is 36.2. The quantitative estimate of drug-likeness (QED) is 0.0997. The van der Waals surface area contributed by atoms with Crippen molar-refractivity contribution in [1.82, 2.24) is 5.32 Å². The van der Waals surface area contributed by atoms with Crippen LogP contribution >= 0.6 is 0 Å². The number of aliphatic carboxylic acids is 1. The number of rotatable bonds is 30. The summed E-state index contributed by atoms with van der Waals surface area (Å²) in [4.78, 5) is 33.2. The fraction of sp³-hybridized carbons (Fsp3) is 0.885. The van der Waals surface area contributed by atoms with E-state index in [4.69, 9.17) is 38.3 Å². The molecule has 0 fully saturated rings. The number of esters is 1. The fourth-order valence-corrected chi connectivity index (χ4v) is 2.90. The molecule has 0 unspecified atom stereocenters. The van der Waals surface area contributed by atoms with Crippen molar-refractivity contribution in [3.05, 3.63) is 0 Å². The molecule has 2 N–H and O–H groups in total. The highest BCUT2D eigenvalue weighted by Gasteiger charge is 2.04. The highest BCUT2D eigenvalue weighted by atomic mass is 16.6. The molecule has 0 bridgehead atoms. The van der Waals surface area contributed by atoms with Gasteiger partial charge in [-0.3, -0.25) is 14.4 Å². The normalized spacial score (nSPS) is 11.0. The zero-order valence-corrected chi connectivity index (χ0v) is 23.1. The van der Waals surface area contributed by atoms with Gasteiger partial charge in [-0.05, 0) is 12.8 Å². The van der Waals surface area contributed by atoms with Gasteiger partial charge in [-0.2, -0.15) is 0 Å². The van der Waals surface area contributed by atoms with E-state index < -0.39 is 5.97 Å². The van der Waals surface area contributed by atoms with Crippen LogP contribution in [0.5, 0.6) is 0 Å². The second-order valence-corrected chi connectivity index (χ2v) is 8.30.